The van der Waals surface area contributed by atoms with E-state index >= 15 is 0 Å². The molecule has 1 aliphatic heterocycles. The van der Waals surface area contributed by atoms with Gasteiger partial charge < -0.3 is 10.6 Å². The highest BCUT2D eigenvalue weighted by Gasteiger charge is 2.19. The lowest BCUT2D eigenvalue weighted by Gasteiger charge is -2.31. The van der Waals surface area contributed by atoms with Gasteiger partial charge in [0.15, 0.2) is 0 Å². The van der Waals surface area contributed by atoms with Gasteiger partial charge in [-0.25, -0.2) is 4.98 Å². The minimum absolute atomic E-state index is 0.0734. The third-order valence-electron chi connectivity index (χ3n) is 3.94. The Hall–Kier alpha value is -1.62. The summed E-state index contributed by atoms with van der Waals surface area (Å²) in [5, 5.41) is 6.13. The highest BCUT2D eigenvalue weighted by Crippen LogP contribution is 2.18. The van der Waals surface area contributed by atoms with Crippen molar-refractivity contribution in [1.29, 1.82) is 0 Å². The third-order valence-corrected chi connectivity index (χ3v) is 3.94. The van der Waals surface area contributed by atoms with Crippen molar-refractivity contribution in [3.63, 3.8) is 0 Å². The lowest BCUT2D eigenvalue weighted by molar-refractivity contribution is -0.119. The van der Waals surface area contributed by atoms with Crippen molar-refractivity contribution >= 4 is 11.7 Å². The van der Waals surface area contributed by atoms with Gasteiger partial charge in [0.25, 0.3) is 0 Å². The first-order valence-electron chi connectivity index (χ1n) is 7.83. The molecule has 0 unspecified atom stereocenters. The second kappa shape index (κ2) is 7.98. The molecule has 1 aromatic heterocycles. The van der Waals surface area contributed by atoms with Crippen molar-refractivity contribution in [2.24, 2.45) is 5.92 Å². The summed E-state index contributed by atoms with van der Waals surface area (Å²) in [7, 11) is 0. The molecule has 0 saturated carbocycles. The average molecular weight is 290 g/mol. The molecule has 0 radical (unpaired) electrons. The Kier molecular flexibility index (Phi) is 5.99. The van der Waals surface area contributed by atoms with Gasteiger partial charge in [-0.3, -0.25) is 9.69 Å². The maximum absolute atomic E-state index is 10.9. The largest absolute Gasteiger partial charge is 0.370 e. The summed E-state index contributed by atoms with van der Waals surface area (Å²) in [4.78, 5) is 17.8. The summed E-state index contributed by atoms with van der Waals surface area (Å²) >= 11 is 0. The van der Waals surface area contributed by atoms with Gasteiger partial charge in [0.1, 0.15) is 5.82 Å². The summed E-state index contributed by atoms with van der Waals surface area (Å²) in [5.74, 6) is 1.64. The second-order valence-electron chi connectivity index (χ2n) is 5.74. The zero-order valence-corrected chi connectivity index (χ0v) is 13.1. The maximum atomic E-state index is 10.9. The van der Waals surface area contributed by atoms with Crippen LogP contribution in [0.5, 0.6) is 0 Å². The fourth-order valence-electron chi connectivity index (χ4n) is 2.70. The second-order valence-corrected chi connectivity index (χ2v) is 5.74. The predicted octanol–water partition coefficient (Wildman–Crippen LogP) is 1.86. The fraction of sp³-hybridized carbons (Fsp3) is 0.625. The van der Waals surface area contributed by atoms with Crippen molar-refractivity contribution in [1.82, 2.24) is 15.2 Å². The standard InChI is InChI=1S/C16H26N4O/c1-3-17-16-5-4-15(11-19-16)12-20-8-6-14(7-9-20)10-18-13(2)21/h4-5,11,14H,3,6-10,12H2,1-2H3,(H,17,19)(H,18,21). The number of hydrogen-bond acceptors (Lipinski definition) is 4. The van der Waals surface area contributed by atoms with Crippen LogP contribution < -0.4 is 10.6 Å². The van der Waals surface area contributed by atoms with Crippen molar-refractivity contribution in [2.75, 3.05) is 31.5 Å². The van der Waals surface area contributed by atoms with Crippen molar-refractivity contribution in [3.8, 4) is 0 Å². The summed E-state index contributed by atoms with van der Waals surface area (Å²) in [6.07, 6.45) is 4.27. The van der Waals surface area contributed by atoms with Gasteiger partial charge in [0.05, 0.1) is 0 Å². The van der Waals surface area contributed by atoms with Crippen molar-refractivity contribution in [3.05, 3.63) is 23.9 Å². The summed E-state index contributed by atoms with van der Waals surface area (Å²) < 4.78 is 0. The SMILES string of the molecule is CCNc1ccc(CN2CCC(CNC(C)=O)CC2)cn1. The van der Waals surface area contributed by atoms with Crippen LogP contribution in [-0.4, -0.2) is 42.0 Å². The highest BCUT2D eigenvalue weighted by atomic mass is 16.1. The van der Waals surface area contributed by atoms with E-state index in [4.69, 9.17) is 0 Å². The number of carbonyl (C=O) groups is 1. The number of anilines is 1. The first kappa shape index (κ1) is 15.8. The zero-order valence-electron chi connectivity index (χ0n) is 13.1. The summed E-state index contributed by atoms with van der Waals surface area (Å²) in [6, 6.07) is 4.19. The molecule has 0 bridgehead atoms. The van der Waals surface area contributed by atoms with E-state index in [2.05, 4.69) is 33.5 Å². The van der Waals surface area contributed by atoms with Crippen molar-refractivity contribution in [2.45, 2.75) is 33.2 Å². The molecule has 1 aliphatic rings. The molecule has 0 aliphatic carbocycles. The fourth-order valence-corrected chi connectivity index (χ4v) is 2.70. The number of likely N-dealkylation sites (tertiary alicyclic amines) is 1. The van der Waals surface area contributed by atoms with Gasteiger partial charge in [-0.15, -0.1) is 0 Å². The molecule has 21 heavy (non-hydrogen) atoms. The first-order valence-corrected chi connectivity index (χ1v) is 7.83. The Morgan fingerprint density at radius 2 is 2.14 bits per heavy atom. The zero-order chi connectivity index (χ0) is 15.1. The quantitative estimate of drug-likeness (QED) is 0.839. The smallest absolute Gasteiger partial charge is 0.216 e. The predicted molar refractivity (Wildman–Crippen MR) is 85.1 cm³/mol. The van der Waals surface area contributed by atoms with Crippen LogP contribution in [0.25, 0.3) is 0 Å². The molecule has 2 heterocycles. The topological polar surface area (TPSA) is 57.3 Å². The molecule has 2 rings (SSSR count). The Balaban J connectivity index is 1.74. The number of amides is 1. The van der Waals surface area contributed by atoms with Gasteiger partial charge in [-0.05, 0) is 50.4 Å². The molecule has 0 spiro atoms. The lowest BCUT2D eigenvalue weighted by atomic mass is 9.96. The van der Waals surface area contributed by atoms with Gasteiger partial charge in [-0.2, -0.15) is 0 Å². The Morgan fingerprint density at radius 3 is 2.71 bits per heavy atom. The number of carbonyl (C=O) groups excluding carboxylic acids is 1. The number of rotatable bonds is 6. The summed E-state index contributed by atoms with van der Waals surface area (Å²) in [6.45, 7) is 8.53. The highest BCUT2D eigenvalue weighted by molar-refractivity contribution is 5.72. The van der Waals surface area contributed by atoms with E-state index in [1.807, 2.05) is 12.3 Å². The Bertz CT molecular complexity index is 438. The molecule has 1 fully saturated rings. The van der Waals surface area contributed by atoms with Gasteiger partial charge >= 0.3 is 0 Å². The van der Waals surface area contributed by atoms with E-state index in [9.17, 15) is 4.79 Å². The molecule has 0 aromatic carbocycles. The summed E-state index contributed by atoms with van der Waals surface area (Å²) in [5.41, 5.74) is 1.26. The molecule has 5 nitrogen and oxygen atoms in total. The molecule has 2 N–H and O–H groups in total. The van der Waals surface area contributed by atoms with E-state index in [1.54, 1.807) is 6.92 Å². The number of pyridine rings is 1. The Morgan fingerprint density at radius 1 is 1.38 bits per heavy atom. The molecule has 1 amide bonds. The number of nitrogens with zero attached hydrogens (tertiary/aromatic N) is 2. The van der Waals surface area contributed by atoms with E-state index in [1.165, 1.54) is 5.56 Å². The number of nitrogens with one attached hydrogen (secondary N) is 2. The van der Waals surface area contributed by atoms with Gasteiger partial charge in [0.2, 0.25) is 5.91 Å². The molecule has 1 saturated heterocycles. The molecule has 5 heteroatoms. The average Bonchev–Trinajstić information content (AvgIpc) is 2.49. The van der Waals surface area contributed by atoms with Crippen LogP contribution in [-0.2, 0) is 11.3 Å². The van der Waals surface area contributed by atoms with Gasteiger partial charge in [0, 0.05) is 32.8 Å². The van der Waals surface area contributed by atoms with E-state index in [-0.39, 0.29) is 5.91 Å². The Labute approximate surface area is 127 Å². The third kappa shape index (κ3) is 5.34. The van der Waals surface area contributed by atoms with Crippen LogP contribution in [0, 0.1) is 5.92 Å². The van der Waals surface area contributed by atoms with E-state index in [0.29, 0.717) is 5.92 Å². The minimum Gasteiger partial charge on any atom is -0.370 e. The minimum atomic E-state index is 0.0734. The molecule has 1 aromatic rings. The van der Waals surface area contributed by atoms with Crippen LogP contribution in [0.15, 0.2) is 18.3 Å². The number of aromatic nitrogens is 1. The molecular weight excluding hydrogens is 264 g/mol. The normalized spacial score (nSPS) is 16.7. The molecule has 0 atom stereocenters. The van der Waals surface area contributed by atoms with Crippen LogP contribution in [0.3, 0.4) is 0 Å². The van der Waals surface area contributed by atoms with Crippen molar-refractivity contribution < 1.29 is 4.79 Å². The molecular formula is C16H26N4O. The monoisotopic (exact) mass is 290 g/mol. The van der Waals surface area contributed by atoms with Gasteiger partial charge in [-0.1, -0.05) is 6.07 Å². The number of hydrogen-bond donors (Lipinski definition) is 2. The van der Waals surface area contributed by atoms with E-state index in [0.717, 1.165) is 51.4 Å². The van der Waals surface area contributed by atoms with E-state index < -0.39 is 0 Å². The lowest BCUT2D eigenvalue weighted by Crippen LogP contribution is -2.37. The number of piperidine rings is 1. The van der Waals surface area contributed by atoms with Crippen LogP contribution >= 0.6 is 0 Å². The van der Waals surface area contributed by atoms with Crippen LogP contribution in [0.2, 0.25) is 0 Å². The van der Waals surface area contributed by atoms with Crippen LogP contribution in [0.1, 0.15) is 32.3 Å². The van der Waals surface area contributed by atoms with Crippen LogP contribution in [0.4, 0.5) is 5.82 Å². The maximum Gasteiger partial charge on any atom is 0.216 e. The molecule has 116 valence electrons. The first-order chi connectivity index (χ1) is 10.2.